The first-order valence-electron chi connectivity index (χ1n) is 7.35. The zero-order chi connectivity index (χ0) is 16.5. The average molecular weight is 437 g/mol. The predicted octanol–water partition coefficient (Wildman–Crippen LogP) is 2.79. The first kappa shape index (κ1) is 21.6. The van der Waals surface area contributed by atoms with E-state index in [1.54, 1.807) is 28.4 Å². The predicted molar refractivity (Wildman–Crippen MR) is 105 cm³/mol. The van der Waals surface area contributed by atoms with Crippen LogP contribution >= 0.6 is 24.0 Å². The highest BCUT2D eigenvalue weighted by Crippen LogP contribution is 2.33. The fraction of sp³-hybridized carbons (Fsp3) is 0.562. The molecule has 0 bridgehead atoms. The molecule has 0 saturated heterocycles. The van der Waals surface area contributed by atoms with Crippen molar-refractivity contribution in [3.8, 4) is 17.2 Å². The Bertz CT molecular complexity index is 484. The van der Waals surface area contributed by atoms with E-state index in [1.807, 2.05) is 12.1 Å². The Morgan fingerprint density at radius 2 is 1.70 bits per heavy atom. The maximum Gasteiger partial charge on any atom is 0.191 e. The van der Waals surface area contributed by atoms with Gasteiger partial charge in [-0.1, -0.05) is 6.92 Å². The summed E-state index contributed by atoms with van der Waals surface area (Å²) in [5.41, 5.74) is 0.915. The van der Waals surface area contributed by atoms with Crippen LogP contribution in [0.3, 0.4) is 0 Å². The Morgan fingerprint density at radius 1 is 1.13 bits per heavy atom. The summed E-state index contributed by atoms with van der Waals surface area (Å²) in [7, 11) is 6.62. The molecule has 7 heteroatoms. The number of nitrogens with zero attached hydrogens (tertiary/aromatic N) is 1. The molecule has 23 heavy (non-hydrogen) atoms. The largest absolute Gasteiger partial charge is 0.496 e. The van der Waals surface area contributed by atoms with E-state index in [0.717, 1.165) is 17.9 Å². The van der Waals surface area contributed by atoms with Crippen LogP contribution < -0.4 is 24.8 Å². The first-order chi connectivity index (χ1) is 10.6. The molecule has 0 aliphatic heterocycles. The summed E-state index contributed by atoms with van der Waals surface area (Å²) in [6.45, 7) is 4.77. The van der Waals surface area contributed by atoms with Gasteiger partial charge in [0.15, 0.2) is 5.96 Å². The van der Waals surface area contributed by atoms with E-state index in [0.29, 0.717) is 29.8 Å². The number of guanidine groups is 1. The molecule has 0 saturated carbocycles. The van der Waals surface area contributed by atoms with Crippen LogP contribution in [0.1, 0.15) is 25.8 Å². The Balaban J connectivity index is 0.00000484. The Labute approximate surface area is 156 Å². The number of aliphatic imine (C=N–C) groups is 1. The SMILES string of the molecule is CCC(C)NC(=NC)NCc1c(OC)cc(OC)cc1OC.I. The van der Waals surface area contributed by atoms with Crippen molar-refractivity contribution in [3.05, 3.63) is 17.7 Å². The lowest BCUT2D eigenvalue weighted by Crippen LogP contribution is -2.41. The van der Waals surface area contributed by atoms with Gasteiger partial charge in [-0.3, -0.25) is 4.99 Å². The number of halogens is 1. The van der Waals surface area contributed by atoms with E-state index in [4.69, 9.17) is 14.2 Å². The van der Waals surface area contributed by atoms with Gasteiger partial charge in [-0.15, -0.1) is 24.0 Å². The summed E-state index contributed by atoms with van der Waals surface area (Å²) in [6, 6.07) is 4.03. The van der Waals surface area contributed by atoms with Gasteiger partial charge in [0.2, 0.25) is 0 Å². The van der Waals surface area contributed by atoms with E-state index in [2.05, 4.69) is 29.5 Å². The van der Waals surface area contributed by atoms with Crippen molar-refractivity contribution in [2.24, 2.45) is 4.99 Å². The fourth-order valence-corrected chi connectivity index (χ4v) is 1.95. The van der Waals surface area contributed by atoms with Crippen LogP contribution in [-0.2, 0) is 6.54 Å². The number of benzene rings is 1. The summed E-state index contributed by atoms with van der Waals surface area (Å²) in [6.07, 6.45) is 1.02. The van der Waals surface area contributed by atoms with E-state index in [1.165, 1.54) is 0 Å². The molecule has 0 aliphatic rings. The van der Waals surface area contributed by atoms with E-state index < -0.39 is 0 Å². The molecule has 1 aromatic carbocycles. The molecule has 2 N–H and O–H groups in total. The van der Waals surface area contributed by atoms with Gasteiger partial charge in [0.05, 0.1) is 33.4 Å². The molecule has 132 valence electrons. The molecule has 1 atom stereocenters. The van der Waals surface area contributed by atoms with Crippen molar-refractivity contribution in [1.29, 1.82) is 0 Å². The van der Waals surface area contributed by atoms with Crippen molar-refractivity contribution in [3.63, 3.8) is 0 Å². The third kappa shape index (κ3) is 6.32. The lowest BCUT2D eigenvalue weighted by molar-refractivity contribution is 0.368. The number of rotatable bonds is 7. The van der Waals surface area contributed by atoms with Gasteiger partial charge in [0.25, 0.3) is 0 Å². The number of hydrogen-bond donors (Lipinski definition) is 2. The van der Waals surface area contributed by atoms with Gasteiger partial charge < -0.3 is 24.8 Å². The molecule has 0 fully saturated rings. The first-order valence-corrected chi connectivity index (χ1v) is 7.35. The minimum atomic E-state index is 0. The van der Waals surface area contributed by atoms with Gasteiger partial charge in [0, 0.05) is 25.2 Å². The number of methoxy groups -OCH3 is 3. The summed E-state index contributed by atoms with van der Waals surface area (Å²) in [5, 5.41) is 6.59. The van der Waals surface area contributed by atoms with Crippen LogP contribution in [0, 0.1) is 0 Å². The van der Waals surface area contributed by atoms with Crippen LogP contribution in [0.15, 0.2) is 17.1 Å². The van der Waals surface area contributed by atoms with Gasteiger partial charge in [-0.05, 0) is 13.3 Å². The molecular formula is C16H28IN3O3. The zero-order valence-corrected chi connectivity index (χ0v) is 17.1. The third-order valence-electron chi connectivity index (χ3n) is 3.47. The lowest BCUT2D eigenvalue weighted by atomic mass is 10.1. The number of nitrogens with one attached hydrogen (secondary N) is 2. The minimum absolute atomic E-state index is 0. The van der Waals surface area contributed by atoms with Crippen molar-refractivity contribution in [2.75, 3.05) is 28.4 Å². The number of ether oxygens (including phenoxy) is 3. The maximum atomic E-state index is 5.44. The second kappa shape index (κ2) is 11.2. The zero-order valence-electron chi connectivity index (χ0n) is 14.7. The molecule has 0 amide bonds. The quantitative estimate of drug-likeness (QED) is 0.390. The highest BCUT2D eigenvalue weighted by atomic mass is 127. The second-order valence-corrected chi connectivity index (χ2v) is 4.89. The van der Waals surface area contributed by atoms with Crippen molar-refractivity contribution in [2.45, 2.75) is 32.9 Å². The summed E-state index contributed by atoms with van der Waals surface area (Å²) >= 11 is 0. The smallest absolute Gasteiger partial charge is 0.191 e. The summed E-state index contributed by atoms with van der Waals surface area (Å²) in [4.78, 5) is 4.22. The van der Waals surface area contributed by atoms with E-state index in [-0.39, 0.29) is 24.0 Å². The average Bonchev–Trinajstić information content (AvgIpc) is 2.57. The van der Waals surface area contributed by atoms with Crippen LogP contribution in [-0.4, -0.2) is 40.4 Å². The molecule has 0 radical (unpaired) electrons. The topological polar surface area (TPSA) is 64.1 Å². The highest BCUT2D eigenvalue weighted by Gasteiger charge is 2.14. The lowest BCUT2D eigenvalue weighted by Gasteiger charge is -2.19. The summed E-state index contributed by atoms with van der Waals surface area (Å²) < 4.78 is 16.1. The molecule has 0 spiro atoms. The van der Waals surface area contributed by atoms with E-state index >= 15 is 0 Å². The standard InChI is InChI=1S/C16H27N3O3.HI/c1-7-11(2)19-16(17-3)18-10-13-14(21-5)8-12(20-4)9-15(13)22-6;/h8-9,11H,7,10H2,1-6H3,(H2,17,18,19);1H. The van der Waals surface area contributed by atoms with Crippen molar-refractivity contribution < 1.29 is 14.2 Å². The Kier molecular flexibility index (Phi) is 10.5. The molecule has 0 aliphatic carbocycles. The molecule has 1 aromatic rings. The van der Waals surface area contributed by atoms with Crippen molar-refractivity contribution >= 4 is 29.9 Å². The monoisotopic (exact) mass is 437 g/mol. The minimum Gasteiger partial charge on any atom is -0.496 e. The van der Waals surface area contributed by atoms with Gasteiger partial charge in [0.1, 0.15) is 17.2 Å². The van der Waals surface area contributed by atoms with E-state index in [9.17, 15) is 0 Å². The molecule has 1 rings (SSSR count). The van der Waals surface area contributed by atoms with Crippen LogP contribution in [0.5, 0.6) is 17.2 Å². The molecular weight excluding hydrogens is 409 g/mol. The van der Waals surface area contributed by atoms with Gasteiger partial charge in [-0.2, -0.15) is 0 Å². The second-order valence-electron chi connectivity index (χ2n) is 4.89. The van der Waals surface area contributed by atoms with Crippen LogP contribution in [0.4, 0.5) is 0 Å². The molecule has 0 aromatic heterocycles. The molecule has 1 unspecified atom stereocenters. The Morgan fingerprint density at radius 3 is 2.09 bits per heavy atom. The summed E-state index contributed by atoms with van der Waals surface area (Å²) in [5.74, 6) is 2.86. The number of hydrogen-bond acceptors (Lipinski definition) is 4. The van der Waals surface area contributed by atoms with Crippen LogP contribution in [0.2, 0.25) is 0 Å². The maximum absolute atomic E-state index is 5.44. The molecule has 0 heterocycles. The fourth-order valence-electron chi connectivity index (χ4n) is 1.95. The van der Waals surface area contributed by atoms with Crippen molar-refractivity contribution in [1.82, 2.24) is 10.6 Å². The Hall–Kier alpha value is -1.38. The molecule has 6 nitrogen and oxygen atoms in total. The van der Waals surface area contributed by atoms with Crippen LogP contribution in [0.25, 0.3) is 0 Å². The van der Waals surface area contributed by atoms with Gasteiger partial charge in [-0.25, -0.2) is 0 Å². The van der Waals surface area contributed by atoms with Gasteiger partial charge >= 0.3 is 0 Å². The third-order valence-corrected chi connectivity index (χ3v) is 3.47. The highest BCUT2D eigenvalue weighted by molar-refractivity contribution is 14.0. The normalized spacial score (nSPS) is 12.0.